The van der Waals surface area contributed by atoms with Gasteiger partial charge in [-0.15, -0.1) is 10.2 Å². The van der Waals surface area contributed by atoms with Crippen LogP contribution in [-0.4, -0.2) is 31.3 Å². The van der Waals surface area contributed by atoms with E-state index in [2.05, 4.69) is 19.7 Å². The second kappa shape index (κ2) is 6.76. The summed E-state index contributed by atoms with van der Waals surface area (Å²) in [5.41, 5.74) is 1.01. The van der Waals surface area contributed by atoms with E-state index in [4.69, 9.17) is 0 Å². The van der Waals surface area contributed by atoms with Crippen LogP contribution in [0.4, 0.5) is 4.39 Å². The van der Waals surface area contributed by atoms with Crippen molar-refractivity contribution in [3.05, 3.63) is 60.2 Å². The first kappa shape index (κ1) is 16.0. The molecule has 1 saturated carbocycles. The monoisotopic (exact) mass is 354 g/mol. The molecule has 0 atom stereocenters. The lowest BCUT2D eigenvalue weighted by atomic mass is 10.1. The van der Waals surface area contributed by atoms with Gasteiger partial charge in [0.1, 0.15) is 5.82 Å². The standard InChI is InChI=1S/C18H15FN4OS/c19-15-6-2-1-5-14(15)16(24)11-25-18-22-21-17(23(18)13-7-8-13)12-4-3-9-20-10-12/h1-6,9-10,13H,7-8,11H2. The van der Waals surface area contributed by atoms with Gasteiger partial charge < -0.3 is 0 Å². The van der Waals surface area contributed by atoms with Crippen LogP contribution in [0.2, 0.25) is 0 Å². The number of pyridine rings is 1. The Bertz CT molecular complexity index is 908. The predicted octanol–water partition coefficient (Wildman–Crippen LogP) is 3.79. The number of Topliss-reactive ketones (excluding diaryl/α,β-unsaturated/α-hetero) is 1. The molecule has 1 aromatic carbocycles. The molecular formula is C18H15FN4OS. The van der Waals surface area contributed by atoms with Gasteiger partial charge in [0.25, 0.3) is 0 Å². The number of ketones is 1. The van der Waals surface area contributed by atoms with Gasteiger partial charge in [-0.2, -0.15) is 0 Å². The van der Waals surface area contributed by atoms with Gasteiger partial charge in [0.05, 0.1) is 11.3 Å². The van der Waals surface area contributed by atoms with Crippen molar-refractivity contribution in [1.29, 1.82) is 0 Å². The third kappa shape index (κ3) is 3.32. The molecule has 0 aliphatic heterocycles. The van der Waals surface area contributed by atoms with Crippen LogP contribution in [0.15, 0.2) is 53.9 Å². The molecule has 126 valence electrons. The van der Waals surface area contributed by atoms with E-state index < -0.39 is 5.82 Å². The summed E-state index contributed by atoms with van der Waals surface area (Å²) in [6, 6.07) is 10.2. The first-order valence-corrected chi connectivity index (χ1v) is 8.98. The highest BCUT2D eigenvalue weighted by molar-refractivity contribution is 7.99. The van der Waals surface area contributed by atoms with E-state index in [0.29, 0.717) is 11.2 Å². The molecule has 0 bridgehead atoms. The zero-order valence-corrected chi connectivity index (χ0v) is 14.1. The number of benzene rings is 1. The van der Waals surface area contributed by atoms with Crippen molar-refractivity contribution in [3.8, 4) is 11.4 Å². The van der Waals surface area contributed by atoms with Crippen LogP contribution in [0.3, 0.4) is 0 Å². The fourth-order valence-electron chi connectivity index (χ4n) is 2.62. The molecule has 3 aromatic rings. The summed E-state index contributed by atoms with van der Waals surface area (Å²) < 4.78 is 15.8. The molecule has 1 fully saturated rings. The normalized spacial score (nSPS) is 13.8. The number of hydrogen-bond acceptors (Lipinski definition) is 5. The number of aromatic nitrogens is 4. The van der Waals surface area contributed by atoms with E-state index in [1.165, 1.54) is 23.9 Å². The van der Waals surface area contributed by atoms with E-state index in [1.54, 1.807) is 24.5 Å². The second-order valence-corrected chi connectivity index (χ2v) is 6.78. The van der Waals surface area contributed by atoms with Gasteiger partial charge in [0.2, 0.25) is 0 Å². The van der Waals surface area contributed by atoms with Crippen molar-refractivity contribution in [2.24, 2.45) is 0 Å². The molecule has 0 spiro atoms. The number of carbonyl (C=O) groups is 1. The van der Waals surface area contributed by atoms with E-state index in [9.17, 15) is 9.18 Å². The van der Waals surface area contributed by atoms with Crippen LogP contribution >= 0.6 is 11.8 Å². The van der Waals surface area contributed by atoms with Crippen molar-refractivity contribution >= 4 is 17.5 Å². The maximum Gasteiger partial charge on any atom is 0.192 e. The molecular weight excluding hydrogens is 339 g/mol. The third-order valence-corrected chi connectivity index (χ3v) is 4.95. The van der Waals surface area contributed by atoms with E-state index in [0.717, 1.165) is 24.2 Å². The Morgan fingerprint density at radius 1 is 1.20 bits per heavy atom. The molecule has 0 amide bonds. The maximum atomic E-state index is 13.7. The SMILES string of the molecule is O=C(CSc1nnc(-c2cccnc2)n1C1CC1)c1ccccc1F. The molecule has 1 aliphatic carbocycles. The second-order valence-electron chi connectivity index (χ2n) is 5.84. The van der Waals surface area contributed by atoms with Gasteiger partial charge in [-0.3, -0.25) is 14.3 Å². The number of hydrogen-bond donors (Lipinski definition) is 0. The van der Waals surface area contributed by atoms with Crippen LogP contribution < -0.4 is 0 Å². The Morgan fingerprint density at radius 3 is 2.76 bits per heavy atom. The van der Waals surface area contributed by atoms with Crippen molar-refractivity contribution in [2.75, 3.05) is 5.75 Å². The summed E-state index contributed by atoms with van der Waals surface area (Å²) in [6.45, 7) is 0. The maximum absolute atomic E-state index is 13.7. The Labute approximate surface area is 148 Å². The molecule has 2 aromatic heterocycles. The Balaban J connectivity index is 1.56. The van der Waals surface area contributed by atoms with E-state index in [1.807, 2.05) is 12.1 Å². The van der Waals surface area contributed by atoms with Gasteiger partial charge in [-0.25, -0.2) is 4.39 Å². The van der Waals surface area contributed by atoms with Crippen molar-refractivity contribution in [2.45, 2.75) is 24.0 Å². The van der Waals surface area contributed by atoms with Crippen LogP contribution in [0.25, 0.3) is 11.4 Å². The lowest BCUT2D eigenvalue weighted by Crippen LogP contribution is -2.07. The van der Waals surface area contributed by atoms with Gasteiger partial charge in [0.15, 0.2) is 16.8 Å². The van der Waals surface area contributed by atoms with Gasteiger partial charge in [-0.05, 0) is 37.1 Å². The van der Waals surface area contributed by atoms with Crippen LogP contribution in [0, 0.1) is 5.82 Å². The van der Waals surface area contributed by atoms with E-state index >= 15 is 0 Å². The first-order chi connectivity index (χ1) is 12.2. The zero-order valence-electron chi connectivity index (χ0n) is 13.3. The number of rotatable bonds is 6. The molecule has 0 radical (unpaired) electrons. The van der Waals surface area contributed by atoms with Crippen molar-refractivity contribution in [1.82, 2.24) is 19.7 Å². The average molecular weight is 354 g/mol. The minimum Gasteiger partial charge on any atom is -0.299 e. The third-order valence-electron chi connectivity index (χ3n) is 4.00. The highest BCUT2D eigenvalue weighted by Crippen LogP contribution is 2.41. The largest absolute Gasteiger partial charge is 0.299 e. The topological polar surface area (TPSA) is 60.7 Å². The Morgan fingerprint density at radius 2 is 2.04 bits per heavy atom. The molecule has 5 nitrogen and oxygen atoms in total. The van der Waals surface area contributed by atoms with E-state index in [-0.39, 0.29) is 17.1 Å². The summed E-state index contributed by atoms with van der Waals surface area (Å²) in [6.07, 6.45) is 5.60. The predicted molar refractivity (Wildman–Crippen MR) is 93.0 cm³/mol. The minimum absolute atomic E-state index is 0.111. The summed E-state index contributed by atoms with van der Waals surface area (Å²) in [4.78, 5) is 16.4. The fourth-order valence-corrected chi connectivity index (χ4v) is 3.51. The quantitative estimate of drug-likeness (QED) is 0.498. The molecule has 7 heteroatoms. The molecule has 25 heavy (non-hydrogen) atoms. The van der Waals surface area contributed by atoms with Gasteiger partial charge >= 0.3 is 0 Å². The summed E-state index contributed by atoms with van der Waals surface area (Å²) in [7, 11) is 0. The van der Waals surface area contributed by atoms with Crippen molar-refractivity contribution < 1.29 is 9.18 Å². The highest BCUT2D eigenvalue weighted by atomic mass is 32.2. The van der Waals surface area contributed by atoms with Gasteiger partial charge in [-0.1, -0.05) is 23.9 Å². The number of thioether (sulfide) groups is 1. The summed E-state index contributed by atoms with van der Waals surface area (Å²) >= 11 is 1.30. The summed E-state index contributed by atoms with van der Waals surface area (Å²) in [5, 5.41) is 9.21. The number of carbonyl (C=O) groups excluding carboxylic acids is 1. The molecule has 0 N–H and O–H groups in total. The molecule has 4 rings (SSSR count). The lowest BCUT2D eigenvalue weighted by molar-refractivity contribution is 0.101. The summed E-state index contributed by atoms with van der Waals surface area (Å²) in [5.74, 6) is 0.138. The van der Waals surface area contributed by atoms with Crippen LogP contribution in [0.1, 0.15) is 29.2 Å². The van der Waals surface area contributed by atoms with Crippen molar-refractivity contribution in [3.63, 3.8) is 0 Å². The fraction of sp³-hybridized carbons (Fsp3) is 0.222. The smallest absolute Gasteiger partial charge is 0.192 e. The molecule has 1 aliphatic rings. The number of nitrogens with zero attached hydrogens (tertiary/aromatic N) is 4. The molecule has 2 heterocycles. The number of halogens is 1. The molecule has 0 saturated heterocycles. The minimum atomic E-state index is -0.493. The zero-order chi connectivity index (χ0) is 17.2. The van der Waals surface area contributed by atoms with Gasteiger partial charge in [0, 0.05) is 24.0 Å². The Hall–Kier alpha value is -2.54. The Kier molecular flexibility index (Phi) is 4.31. The van der Waals surface area contributed by atoms with Crippen LogP contribution in [0.5, 0.6) is 0 Å². The lowest BCUT2D eigenvalue weighted by Gasteiger charge is -2.08. The first-order valence-electron chi connectivity index (χ1n) is 8.00. The highest BCUT2D eigenvalue weighted by Gasteiger charge is 2.30. The average Bonchev–Trinajstić information content (AvgIpc) is 3.40. The van der Waals surface area contributed by atoms with Crippen LogP contribution in [-0.2, 0) is 0 Å². The molecule has 0 unspecified atom stereocenters.